The molecule has 0 amide bonds. The first-order valence-corrected chi connectivity index (χ1v) is 4.86. The molecule has 0 saturated carbocycles. The minimum Gasteiger partial charge on any atom is -0.487 e. The van der Waals surface area contributed by atoms with E-state index < -0.39 is 0 Å². The Kier molecular flexibility index (Phi) is 1.88. The van der Waals surface area contributed by atoms with Gasteiger partial charge in [-0.1, -0.05) is 11.3 Å². The number of rotatable bonds is 1. The molecule has 0 aliphatic rings. The highest BCUT2D eigenvalue weighted by Gasteiger charge is 2.04. The Morgan fingerprint density at radius 3 is 2.77 bits per heavy atom. The Balaban J connectivity index is 2.75. The van der Waals surface area contributed by atoms with E-state index in [9.17, 15) is 0 Å². The first-order valence-electron chi connectivity index (χ1n) is 4.04. The highest BCUT2D eigenvalue weighted by atomic mass is 32.1. The molecule has 0 radical (unpaired) electrons. The zero-order chi connectivity index (χ0) is 9.42. The van der Waals surface area contributed by atoms with Gasteiger partial charge in [0.05, 0.1) is 7.11 Å². The van der Waals surface area contributed by atoms with Gasteiger partial charge >= 0.3 is 0 Å². The van der Waals surface area contributed by atoms with E-state index in [0.717, 1.165) is 10.8 Å². The molecule has 0 atom stereocenters. The van der Waals surface area contributed by atoms with E-state index in [0.29, 0.717) is 0 Å². The molecule has 2 N–H and O–H groups in total. The van der Waals surface area contributed by atoms with Crippen molar-refractivity contribution >= 4 is 27.1 Å². The Labute approximate surface area is 80.9 Å². The molecule has 0 bridgehead atoms. The van der Waals surface area contributed by atoms with Crippen molar-refractivity contribution in [1.29, 1.82) is 0 Å². The standard InChI is InChI=1S/C10H11NOS/c1-6-3-7(11)4-9-8(6)5-10(12-2)13-9/h3-5H,11H2,1-2H3. The Morgan fingerprint density at radius 2 is 2.08 bits per heavy atom. The van der Waals surface area contributed by atoms with Crippen LogP contribution in [0.1, 0.15) is 5.56 Å². The molecule has 1 aromatic heterocycles. The van der Waals surface area contributed by atoms with Crippen LogP contribution in [-0.2, 0) is 0 Å². The van der Waals surface area contributed by atoms with Crippen LogP contribution in [0.5, 0.6) is 5.06 Å². The quantitative estimate of drug-likeness (QED) is 0.707. The molecule has 0 aliphatic heterocycles. The average molecular weight is 193 g/mol. The highest BCUT2D eigenvalue weighted by Crippen LogP contribution is 2.34. The predicted molar refractivity (Wildman–Crippen MR) is 57.5 cm³/mol. The number of hydrogen-bond donors (Lipinski definition) is 1. The van der Waals surface area contributed by atoms with Gasteiger partial charge in [-0.05, 0) is 36.1 Å². The zero-order valence-electron chi connectivity index (χ0n) is 7.63. The number of anilines is 1. The van der Waals surface area contributed by atoms with Crippen molar-refractivity contribution in [2.45, 2.75) is 6.92 Å². The topological polar surface area (TPSA) is 35.2 Å². The lowest BCUT2D eigenvalue weighted by Crippen LogP contribution is -1.84. The van der Waals surface area contributed by atoms with E-state index in [-0.39, 0.29) is 0 Å². The van der Waals surface area contributed by atoms with E-state index in [1.54, 1.807) is 18.4 Å². The van der Waals surface area contributed by atoms with E-state index in [1.807, 2.05) is 12.1 Å². The molecule has 0 saturated heterocycles. The van der Waals surface area contributed by atoms with Crippen LogP contribution in [0, 0.1) is 6.92 Å². The van der Waals surface area contributed by atoms with Crippen LogP contribution in [0.15, 0.2) is 18.2 Å². The maximum Gasteiger partial charge on any atom is 0.174 e. The lowest BCUT2D eigenvalue weighted by Gasteiger charge is -1.97. The third-order valence-electron chi connectivity index (χ3n) is 2.05. The number of ether oxygens (including phenoxy) is 1. The van der Waals surface area contributed by atoms with Crippen molar-refractivity contribution in [2.24, 2.45) is 0 Å². The van der Waals surface area contributed by atoms with Crippen molar-refractivity contribution in [1.82, 2.24) is 0 Å². The Morgan fingerprint density at radius 1 is 1.31 bits per heavy atom. The second-order valence-electron chi connectivity index (χ2n) is 3.02. The van der Waals surface area contributed by atoms with Crippen LogP contribution < -0.4 is 10.5 Å². The second-order valence-corrected chi connectivity index (χ2v) is 4.07. The molecule has 1 aromatic carbocycles. The van der Waals surface area contributed by atoms with Gasteiger partial charge in [-0.3, -0.25) is 0 Å². The van der Waals surface area contributed by atoms with Crippen LogP contribution in [0.3, 0.4) is 0 Å². The van der Waals surface area contributed by atoms with Gasteiger partial charge in [0.15, 0.2) is 5.06 Å². The lowest BCUT2D eigenvalue weighted by molar-refractivity contribution is 0.427. The summed E-state index contributed by atoms with van der Waals surface area (Å²) in [5.74, 6) is 0. The zero-order valence-corrected chi connectivity index (χ0v) is 8.44. The van der Waals surface area contributed by atoms with Crippen LogP contribution in [0.2, 0.25) is 0 Å². The van der Waals surface area contributed by atoms with E-state index in [4.69, 9.17) is 10.5 Å². The number of thiophene rings is 1. The molecule has 13 heavy (non-hydrogen) atoms. The molecule has 68 valence electrons. The van der Waals surface area contributed by atoms with Gasteiger partial charge in [0, 0.05) is 10.4 Å². The van der Waals surface area contributed by atoms with Gasteiger partial charge in [0.2, 0.25) is 0 Å². The molecule has 2 nitrogen and oxygen atoms in total. The Hall–Kier alpha value is -1.22. The Bertz CT molecular complexity index is 447. The van der Waals surface area contributed by atoms with Gasteiger partial charge in [0.25, 0.3) is 0 Å². The summed E-state index contributed by atoms with van der Waals surface area (Å²) in [5, 5.41) is 2.17. The summed E-state index contributed by atoms with van der Waals surface area (Å²) in [6.07, 6.45) is 0. The predicted octanol–water partition coefficient (Wildman–Crippen LogP) is 2.80. The minimum atomic E-state index is 0.814. The molecule has 0 unspecified atom stereocenters. The molecule has 2 rings (SSSR count). The monoisotopic (exact) mass is 193 g/mol. The average Bonchev–Trinajstić information content (AvgIpc) is 2.47. The molecule has 1 heterocycles. The van der Waals surface area contributed by atoms with Crippen LogP contribution >= 0.6 is 11.3 Å². The summed E-state index contributed by atoms with van der Waals surface area (Å²) in [6, 6.07) is 6.01. The van der Waals surface area contributed by atoms with Gasteiger partial charge in [-0.2, -0.15) is 0 Å². The fourth-order valence-corrected chi connectivity index (χ4v) is 2.42. The maximum absolute atomic E-state index is 5.74. The van der Waals surface area contributed by atoms with Crippen molar-refractivity contribution in [3.05, 3.63) is 23.8 Å². The van der Waals surface area contributed by atoms with Gasteiger partial charge in [-0.25, -0.2) is 0 Å². The first kappa shape index (κ1) is 8.38. The van der Waals surface area contributed by atoms with Crippen molar-refractivity contribution < 1.29 is 4.74 Å². The number of methoxy groups -OCH3 is 1. The van der Waals surface area contributed by atoms with Crippen molar-refractivity contribution in [3.8, 4) is 5.06 Å². The number of nitrogens with two attached hydrogens (primary N) is 1. The number of aryl methyl sites for hydroxylation is 1. The van der Waals surface area contributed by atoms with Gasteiger partial charge in [-0.15, -0.1) is 0 Å². The largest absolute Gasteiger partial charge is 0.487 e. The lowest BCUT2D eigenvalue weighted by atomic mass is 10.1. The fraction of sp³-hybridized carbons (Fsp3) is 0.200. The third kappa shape index (κ3) is 1.35. The summed E-state index contributed by atoms with van der Waals surface area (Å²) in [7, 11) is 1.68. The van der Waals surface area contributed by atoms with E-state index in [2.05, 4.69) is 13.0 Å². The number of fused-ring (bicyclic) bond motifs is 1. The van der Waals surface area contributed by atoms with Crippen LogP contribution in [0.4, 0.5) is 5.69 Å². The van der Waals surface area contributed by atoms with Crippen LogP contribution in [-0.4, -0.2) is 7.11 Å². The smallest absolute Gasteiger partial charge is 0.174 e. The van der Waals surface area contributed by atoms with Crippen molar-refractivity contribution in [2.75, 3.05) is 12.8 Å². The van der Waals surface area contributed by atoms with Crippen LogP contribution in [0.25, 0.3) is 10.1 Å². The molecular formula is C10H11NOS. The summed E-state index contributed by atoms with van der Waals surface area (Å²) in [6.45, 7) is 2.06. The second kappa shape index (κ2) is 2.92. The van der Waals surface area contributed by atoms with E-state index >= 15 is 0 Å². The first-order chi connectivity index (χ1) is 6.20. The number of benzene rings is 1. The van der Waals surface area contributed by atoms with E-state index in [1.165, 1.54) is 15.6 Å². The van der Waals surface area contributed by atoms with Gasteiger partial charge < -0.3 is 10.5 Å². The molecule has 0 spiro atoms. The third-order valence-corrected chi connectivity index (χ3v) is 3.09. The summed E-state index contributed by atoms with van der Waals surface area (Å²) < 4.78 is 6.36. The summed E-state index contributed by atoms with van der Waals surface area (Å²) in [5.41, 5.74) is 7.76. The van der Waals surface area contributed by atoms with Gasteiger partial charge in [0.1, 0.15) is 0 Å². The SMILES string of the molecule is COc1cc2c(C)cc(N)cc2s1. The molecule has 0 fully saturated rings. The fourth-order valence-electron chi connectivity index (χ4n) is 1.42. The summed E-state index contributed by atoms with van der Waals surface area (Å²) in [4.78, 5) is 0. The molecule has 0 aliphatic carbocycles. The molecular weight excluding hydrogens is 182 g/mol. The summed E-state index contributed by atoms with van der Waals surface area (Å²) >= 11 is 1.62. The minimum absolute atomic E-state index is 0.814. The number of hydrogen-bond acceptors (Lipinski definition) is 3. The highest BCUT2D eigenvalue weighted by molar-refractivity contribution is 7.20. The molecule has 3 heteroatoms. The maximum atomic E-state index is 5.74. The molecule has 2 aromatic rings. The van der Waals surface area contributed by atoms with Crippen molar-refractivity contribution in [3.63, 3.8) is 0 Å². The number of nitrogen functional groups attached to an aromatic ring is 1. The normalized spacial score (nSPS) is 10.6.